The van der Waals surface area contributed by atoms with Gasteiger partial charge in [0.15, 0.2) is 0 Å². The maximum atomic E-state index is 11.8. The van der Waals surface area contributed by atoms with E-state index in [0.717, 1.165) is 0 Å². The molecule has 0 spiro atoms. The van der Waals surface area contributed by atoms with E-state index in [0.29, 0.717) is 5.56 Å². The van der Waals surface area contributed by atoms with Crippen molar-refractivity contribution in [2.45, 2.75) is 20.0 Å². The summed E-state index contributed by atoms with van der Waals surface area (Å²) in [6.45, 7) is 3.48. The highest BCUT2D eigenvalue weighted by Gasteiger charge is 2.25. The number of ether oxygens (including phenoxy) is 1. The van der Waals surface area contributed by atoms with Crippen molar-refractivity contribution < 1.29 is 19.4 Å². The minimum absolute atomic E-state index is 0.0459. The largest absolute Gasteiger partial charge is 0.466 e. The number of esters is 1. The molecule has 1 rings (SSSR count). The summed E-state index contributed by atoms with van der Waals surface area (Å²) in [4.78, 5) is 23.4. The van der Waals surface area contributed by atoms with E-state index in [4.69, 9.17) is 4.74 Å². The first-order valence-corrected chi connectivity index (χ1v) is 6.24. The molecule has 0 aromatic heterocycles. The Balaban J connectivity index is 2.57. The maximum Gasteiger partial charge on any atom is 0.313 e. The van der Waals surface area contributed by atoms with Crippen molar-refractivity contribution in [3.05, 3.63) is 35.9 Å². The lowest BCUT2D eigenvalue weighted by Gasteiger charge is -2.18. The Hall–Kier alpha value is -1.88. The number of aliphatic hydroxyl groups excluding tert-OH is 1. The summed E-state index contributed by atoms with van der Waals surface area (Å²) in [6, 6.07) is 8.68. The van der Waals surface area contributed by atoms with Crippen molar-refractivity contribution in [1.29, 1.82) is 0 Å². The molecule has 0 bridgehead atoms. The lowest BCUT2D eigenvalue weighted by molar-refractivity contribution is -0.151. The molecule has 0 aliphatic rings. The molecule has 1 amide bonds. The van der Waals surface area contributed by atoms with Crippen LogP contribution in [0.2, 0.25) is 0 Å². The van der Waals surface area contributed by atoms with Crippen LogP contribution < -0.4 is 5.32 Å². The van der Waals surface area contributed by atoms with E-state index < -0.39 is 18.0 Å². The van der Waals surface area contributed by atoms with Crippen LogP contribution >= 0.6 is 0 Å². The van der Waals surface area contributed by atoms with Crippen molar-refractivity contribution in [2.24, 2.45) is 5.92 Å². The van der Waals surface area contributed by atoms with Crippen molar-refractivity contribution in [1.82, 2.24) is 5.32 Å². The number of carbonyl (C=O) groups is 2. The monoisotopic (exact) mass is 265 g/mol. The van der Waals surface area contributed by atoms with Gasteiger partial charge in [-0.3, -0.25) is 9.59 Å². The summed E-state index contributed by atoms with van der Waals surface area (Å²) in [5, 5.41) is 12.2. The number of hydrogen-bond acceptors (Lipinski definition) is 4. The molecular weight excluding hydrogens is 246 g/mol. The number of amides is 1. The second kappa shape index (κ2) is 7.53. The number of benzene rings is 1. The van der Waals surface area contributed by atoms with E-state index >= 15 is 0 Å². The van der Waals surface area contributed by atoms with Gasteiger partial charge >= 0.3 is 5.97 Å². The molecule has 2 N–H and O–H groups in total. The van der Waals surface area contributed by atoms with Crippen LogP contribution in [0.15, 0.2) is 30.3 Å². The van der Waals surface area contributed by atoms with E-state index in [2.05, 4.69) is 5.32 Å². The zero-order chi connectivity index (χ0) is 14.3. The van der Waals surface area contributed by atoms with Crippen molar-refractivity contribution in [3.63, 3.8) is 0 Å². The fraction of sp³-hybridized carbons (Fsp3) is 0.429. The molecule has 0 fully saturated rings. The summed E-state index contributed by atoms with van der Waals surface area (Å²) < 4.78 is 4.85. The first-order valence-electron chi connectivity index (χ1n) is 6.24. The summed E-state index contributed by atoms with van der Waals surface area (Å²) in [7, 11) is 0. The van der Waals surface area contributed by atoms with Gasteiger partial charge in [-0.05, 0) is 26.0 Å². The van der Waals surface area contributed by atoms with Crippen LogP contribution in [0.5, 0.6) is 0 Å². The number of hydrogen-bond donors (Lipinski definition) is 2. The maximum absolute atomic E-state index is 11.8. The Morgan fingerprint density at radius 3 is 2.47 bits per heavy atom. The zero-order valence-electron chi connectivity index (χ0n) is 11.1. The molecule has 0 heterocycles. The molecule has 104 valence electrons. The topological polar surface area (TPSA) is 75.6 Å². The van der Waals surface area contributed by atoms with Crippen LogP contribution in [-0.2, 0) is 9.53 Å². The van der Waals surface area contributed by atoms with Gasteiger partial charge in [0.1, 0.15) is 0 Å². The Morgan fingerprint density at radius 1 is 1.32 bits per heavy atom. The summed E-state index contributed by atoms with van der Waals surface area (Å²) >= 11 is 0. The van der Waals surface area contributed by atoms with Gasteiger partial charge in [-0.1, -0.05) is 18.2 Å². The average molecular weight is 265 g/mol. The Morgan fingerprint density at radius 2 is 1.95 bits per heavy atom. The molecule has 0 aliphatic carbocycles. The fourth-order valence-corrected chi connectivity index (χ4v) is 1.59. The van der Waals surface area contributed by atoms with Crippen molar-refractivity contribution >= 4 is 11.9 Å². The van der Waals surface area contributed by atoms with Gasteiger partial charge in [0.2, 0.25) is 0 Å². The molecule has 0 radical (unpaired) electrons. The first kappa shape index (κ1) is 15.2. The minimum atomic E-state index is -0.880. The zero-order valence-corrected chi connectivity index (χ0v) is 11.1. The standard InChI is InChI=1S/C14H19NO4/c1-3-19-14(18)12(10(2)16)9-15-13(17)11-7-5-4-6-8-11/h4-8,10,12,16H,3,9H2,1-2H3,(H,15,17)/t10-,12-/m1/s1. The second-order valence-corrected chi connectivity index (χ2v) is 4.18. The molecule has 0 aliphatic heterocycles. The Kier molecular flexibility index (Phi) is 6.02. The highest BCUT2D eigenvalue weighted by atomic mass is 16.5. The van der Waals surface area contributed by atoms with Crippen LogP contribution in [0.4, 0.5) is 0 Å². The third-order valence-electron chi connectivity index (χ3n) is 2.69. The Bertz CT molecular complexity index is 417. The van der Waals surface area contributed by atoms with Gasteiger partial charge < -0.3 is 15.2 Å². The number of aliphatic hydroxyl groups is 1. The molecular formula is C14H19NO4. The highest BCUT2D eigenvalue weighted by Crippen LogP contribution is 2.06. The van der Waals surface area contributed by atoms with Gasteiger partial charge in [-0.2, -0.15) is 0 Å². The molecule has 0 saturated carbocycles. The van der Waals surface area contributed by atoms with E-state index in [1.165, 1.54) is 6.92 Å². The molecule has 0 saturated heterocycles. The summed E-state index contributed by atoms with van der Waals surface area (Å²) in [5.74, 6) is -1.55. The molecule has 0 unspecified atom stereocenters. The van der Waals surface area contributed by atoms with Crippen molar-refractivity contribution in [2.75, 3.05) is 13.2 Å². The Labute approximate surface area is 112 Å². The fourth-order valence-electron chi connectivity index (χ4n) is 1.59. The predicted molar refractivity (Wildman–Crippen MR) is 70.6 cm³/mol. The quantitative estimate of drug-likeness (QED) is 0.752. The average Bonchev–Trinajstić information content (AvgIpc) is 2.39. The lowest BCUT2D eigenvalue weighted by atomic mass is 10.0. The number of rotatable bonds is 6. The predicted octanol–water partition coefficient (Wildman–Crippen LogP) is 0.976. The minimum Gasteiger partial charge on any atom is -0.466 e. The smallest absolute Gasteiger partial charge is 0.313 e. The SMILES string of the molecule is CCOC(=O)[C@H](CNC(=O)c1ccccc1)[C@@H](C)O. The van der Waals surface area contributed by atoms with E-state index in [9.17, 15) is 14.7 Å². The molecule has 1 aromatic rings. The molecule has 5 heteroatoms. The molecule has 2 atom stereocenters. The van der Waals surface area contributed by atoms with Crippen LogP contribution in [0.3, 0.4) is 0 Å². The number of carbonyl (C=O) groups excluding carboxylic acids is 2. The van der Waals surface area contributed by atoms with Crippen LogP contribution in [-0.4, -0.2) is 36.2 Å². The third-order valence-corrected chi connectivity index (χ3v) is 2.69. The van der Waals surface area contributed by atoms with Gasteiger partial charge in [0.05, 0.1) is 18.6 Å². The van der Waals surface area contributed by atoms with Crippen molar-refractivity contribution in [3.8, 4) is 0 Å². The van der Waals surface area contributed by atoms with Gasteiger partial charge in [0.25, 0.3) is 5.91 Å². The first-order chi connectivity index (χ1) is 9.06. The lowest BCUT2D eigenvalue weighted by Crippen LogP contribution is -2.39. The van der Waals surface area contributed by atoms with E-state index in [1.807, 2.05) is 6.07 Å². The van der Waals surface area contributed by atoms with Crippen LogP contribution in [0.1, 0.15) is 24.2 Å². The summed E-state index contributed by atoms with van der Waals surface area (Å²) in [6.07, 6.45) is -0.880. The van der Waals surface area contributed by atoms with Crippen LogP contribution in [0, 0.1) is 5.92 Å². The van der Waals surface area contributed by atoms with Gasteiger partial charge in [-0.15, -0.1) is 0 Å². The molecule has 5 nitrogen and oxygen atoms in total. The molecule has 1 aromatic carbocycles. The van der Waals surface area contributed by atoms with Gasteiger partial charge in [-0.25, -0.2) is 0 Å². The normalized spacial score (nSPS) is 13.4. The van der Waals surface area contributed by atoms with Crippen LogP contribution in [0.25, 0.3) is 0 Å². The van der Waals surface area contributed by atoms with E-state index in [1.54, 1.807) is 31.2 Å². The number of nitrogens with one attached hydrogen (secondary N) is 1. The third kappa shape index (κ3) is 4.71. The second-order valence-electron chi connectivity index (χ2n) is 4.18. The summed E-state index contributed by atoms with van der Waals surface area (Å²) in [5.41, 5.74) is 0.510. The molecule has 19 heavy (non-hydrogen) atoms. The highest BCUT2D eigenvalue weighted by molar-refractivity contribution is 5.94. The van der Waals surface area contributed by atoms with E-state index in [-0.39, 0.29) is 19.1 Å². The van der Waals surface area contributed by atoms with Gasteiger partial charge in [0, 0.05) is 12.1 Å².